The van der Waals surface area contributed by atoms with E-state index in [4.69, 9.17) is 4.98 Å². The molecule has 1 atom stereocenters. The van der Waals surface area contributed by atoms with Crippen LogP contribution in [0.3, 0.4) is 0 Å². The monoisotopic (exact) mass is 274 g/mol. The quantitative estimate of drug-likeness (QED) is 0.763. The van der Waals surface area contributed by atoms with Gasteiger partial charge in [0.2, 0.25) is 0 Å². The van der Waals surface area contributed by atoms with Crippen molar-refractivity contribution in [2.24, 2.45) is 5.92 Å². The molecule has 1 N–H and O–H groups in total. The van der Waals surface area contributed by atoms with E-state index in [0.29, 0.717) is 6.04 Å². The first kappa shape index (κ1) is 15.5. The summed E-state index contributed by atoms with van der Waals surface area (Å²) in [4.78, 5) is 4.75. The van der Waals surface area contributed by atoms with Gasteiger partial charge in [-0.1, -0.05) is 45.6 Å². The van der Waals surface area contributed by atoms with E-state index in [2.05, 4.69) is 31.3 Å². The van der Waals surface area contributed by atoms with Crippen molar-refractivity contribution >= 4 is 0 Å². The molecule has 1 aliphatic carbocycles. The Labute approximate surface area is 124 Å². The molecule has 1 heterocycles. The van der Waals surface area contributed by atoms with E-state index in [0.717, 1.165) is 18.9 Å². The van der Waals surface area contributed by atoms with E-state index in [1.807, 2.05) is 6.20 Å². The molecule has 112 valence electrons. The second kappa shape index (κ2) is 8.41. The van der Waals surface area contributed by atoms with Gasteiger partial charge in [0.15, 0.2) is 0 Å². The second-order valence-electron chi connectivity index (χ2n) is 6.08. The highest BCUT2D eigenvalue weighted by atomic mass is 14.9. The zero-order valence-corrected chi connectivity index (χ0v) is 13.2. The van der Waals surface area contributed by atoms with Crippen LogP contribution in [0.25, 0.3) is 0 Å². The fraction of sp³-hybridized carbons (Fsp3) is 0.722. The van der Waals surface area contributed by atoms with E-state index in [1.165, 1.54) is 56.2 Å². The summed E-state index contributed by atoms with van der Waals surface area (Å²) in [6.07, 6.45) is 12.6. The average molecular weight is 274 g/mol. The Morgan fingerprint density at radius 2 is 1.95 bits per heavy atom. The molecule has 0 amide bonds. The molecule has 1 aromatic heterocycles. The third-order valence-corrected chi connectivity index (χ3v) is 4.59. The Bertz CT molecular complexity index is 381. The minimum atomic E-state index is 0.462. The number of nitrogens with one attached hydrogen (secondary N) is 1. The summed E-state index contributed by atoms with van der Waals surface area (Å²) in [5.74, 6) is 0.768. The average Bonchev–Trinajstić information content (AvgIpc) is 2.77. The van der Waals surface area contributed by atoms with Crippen molar-refractivity contribution in [2.45, 2.75) is 71.3 Å². The van der Waals surface area contributed by atoms with Gasteiger partial charge in [-0.05, 0) is 49.8 Å². The summed E-state index contributed by atoms with van der Waals surface area (Å²) in [5.41, 5.74) is 2.74. The van der Waals surface area contributed by atoms with Crippen LogP contribution in [-0.4, -0.2) is 11.5 Å². The normalized spacial score (nSPS) is 18.7. The maximum absolute atomic E-state index is 4.75. The lowest BCUT2D eigenvalue weighted by Gasteiger charge is -2.28. The van der Waals surface area contributed by atoms with Gasteiger partial charge in [-0.15, -0.1) is 0 Å². The minimum absolute atomic E-state index is 0.462. The lowest BCUT2D eigenvalue weighted by molar-refractivity contribution is 0.318. The van der Waals surface area contributed by atoms with Crippen molar-refractivity contribution in [3.05, 3.63) is 29.6 Å². The molecule has 0 saturated heterocycles. The molecular formula is C18H30N2. The van der Waals surface area contributed by atoms with E-state index in [-0.39, 0.29) is 0 Å². The molecule has 2 heteroatoms. The molecule has 0 aromatic carbocycles. The highest BCUT2D eigenvalue weighted by Gasteiger charge is 2.26. The molecule has 1 saturated carbocycles. The fourth-order valence-corrected chi connectivity index (χ4v) is 3.46. The Balaban J connectivity index is 2.20. The predicted molar refractivity (Wildman–Crippen MR) is 85.8 cm³/mol. The maximum Gasteiger partial charge on any atom is 0.0607 e. The Kier molecular flexibility index (Phi) is 6.52. The summed E-state index contributed by atoms with van der Waals surface area (Å²) in [6.45, 7) is 5.59. The summed E-state index contributed by atoms with van der Waals surface area (Å²) in [6, 6.07) is 4.79. The standard InChI is InChI=1S/C18H30N2/c1-3-13-19-18(16-10-7-5-6-8-11-16)17-15(4-2)12-9-14-20-17/h9,12,14,16,18-19H,3-8,10-11,13H2,1-2H3. The lowest BCUT2D eigenvalue weighted by Crippen LogP contribution is -2.30. The van der Waals surface area contributed by atoms with Gasteiger partial charge in [0.1, 0.15) is 0 Å². The van der Waals surface area contributed by atoms with Crippen LogP contribution in [0.1, 0.15) is 76.1 Å². The number of aromatic nitrogens is 1. The number of hydrogen-bond acceptors (Lipinski definition) is 2. The molecule has 1 aliphatic rings. The van der Waals surface area contributed by atoms with Gasteiger partial charge in [-0.3, -0.25) is 4.98 Å². The molecule has 0 radical (unpaired) electrons. The van der Waals surface area contributed by atoms with Gasteiger partial charge >= 0.3 is 0 Å². The van der Waals surface area contributed by atoms with E-state index < -0.39 is 0 Å². The summed E-state index contributed by atoms with van der Waals surface area (Å²) in [7, 11) is 0. The zero-order valence-electron chi connectivity index (χ0n) is 13.2. The van der Waals surface area contributed by atoms with Crippen LogP contribution in [0.2, 0.25) is 0 Å². The molecule has 0 aliphatic heterocycles. The third kappa shape index (κ3) is 4.05. The molecule has 0 bridgehead atoms. The Morgan fingerprint density at radius 3 is 2.60 bits per heavy atom. The van der Waals surface area contributed by atoms with E-state index in [9.17, 15) is 0 Å². The number of nitrogens with zero attached hydrogens (tertiary/aromatic N) is 1. The third-order valence-electron chi connectivity index (χ3n) is 4.59. The molecular weight excluding hydrogens is 244 g/mol. The minimum Gasteiger partial charge on any atom is -0.308 e. The zero-order chi connectivity index (χ0) is 14.2. The topological polar surface area (TPSA) is 24.9 Å². The van der Waals surface area contributed by atoms with Crippen molar-refractivity contribution in [1.29, 1.82) is 0 Å². The summed E-state index contributed by atoms with van der Waals surface area (Å²) < 4.78 is 0. The smallest absolute Gasteiger partial charge is 0.0607 e. The first-order valence-corrected chi connectivity index (χ1v) is 8.54. The highest BCUT2D eigenvalue weighted by molar-refractivity contribution is 5.23. The molecule has 2 rings (SSSR count). The van der Waals surface area contributed by atoms with Crippen LogP contribution in [0.4, 0.5) is 0 Å². The maximum atomic E-state index is 4.75. The van der Waals surface area contributed by atoms with Crippen LogP contribution in [-0.2, 0) is 6.42 Å². The van der Waals surface area contributed by atoms with Crippen LogP contribution in [0.5, 0.6) is 0 Å². The lowest BCUT2D eigenvalue weighted by atomic mass is 9.87. The molecule has 1 aromatic rings. The molecule has 0 spiro atoms. The van der Waals surface area contributed by atoms with Crippen molar-refractivity contribution < 1.29 is 0 Å². The predicted octanol–water partition coefficient (Wildman–Crippen LogP) is 4.66. The number of hydrogen-bond donors (Lipinski definition) is 1. The summed E-state index contributed by atoms with van der Waals surface area (Å²) >= 11 is 0. The Hall–Kier alpha value is -0.890. The van der Waals surface area contributed by atoms with Crippen molar-refractivity contribution in [3.8, 4) is 0 Å². The van der Waals surface area contributed by atoms with Gasteiger partial charge in [0, 0.05) is 6.20 Å². The van der Waals surface area contributed by atoms with Crippen molar-refractivity contribution in [1.82, 2.24) is 10.3 Å². The van der Waals surface area contributed by atoms with Gasteiger partial charge < -0.3 is 5.32 Å². The van der Waals surface area contributed by atoms with Gasteiger partial charge in [-0.2, -0.15) is 0 Å². The van der Waals surface area contributed by atoms with Crippen molar-refractivity contribution in [3.63, 3.8) is 0 Å². The number of pyridine rings is 1. The SMILES string of the molecule is CCCNC(c1ncccc1CC)C1CCCCCC1. The first-order chi connectivity index (χ1) is 9.86. The van der Waals surface area contributed by atoms with Crippen LogP contribution in [0.15, 0.2) is 18.3 Å². The molecule has 1 fully saturated rings. The van der Waals surface area contributed by atoms with Crippen LogP contribution < -0.4 is 5.32 Å². The summed E-state index contributed by atoms with van der Waals surface area (Å²) in [5, 5.41) is 3.80. The van der Waals surface area contributed by atoms with Gasteiger partial charge in [-0.25, -0.2) is 0 Å². The molecule has 1 unspecified atom stereocenters. The van der Waals surface area contributed by atoms with Gasteiger partial charge in [0.25, 0.3) is 0 Å². The van der Waals surface area contributed by atoms with Crippen LogP contribution >= 0.6 is 0 Å². The number of aryl methyl sites for hydroxylation is 1. The van der Waals surface area contributed by atoms with Crippen molar-refractivity contribution in [2.75, 3.05) is 6.54 Å². The van der Waals surface area contributed by atoms with Gasteiger partial charge in [0.05, 0.1) is 11.7 Å². The fourth-order valence-electron chi connectivity index (χ4n) is 3.46. The highest BCUT2D eigenvalue weighted by Crippen LogP contribution is 2.34. The molecule has 2 nitrogen and oxygen atoms in total. The van der Waals surface area contributed by atoms with Crippen LogP contribution in [0, 0.1) is 5.92 Å². The first-order valence-electron chi connectivity index (χ1n) is 8.54. The Morgan fingerprint density at radius 1 is 1.20 bits per heavy atom. The second-order valence-corrected chi connectivity index (χ2v) is 6.08. The van der Waals surface area contributed by atoms with E-state index >= 15 is 0 Å². The largest absolute Gasteiger partial charge is 0.308 e. The molecule has 20 heavy (non-hydrogen) atoms. The van der Waals surface area contributed by atoms with E-state index in [1.54, 1.807) is 0 Å². The number of rotatable bonds is 6.